The summed E-state index contributed by atoms with van der Waals surface area (Å²) in [5.41, 5.74) is 2.26. The molecule has 1 N–H and O–H groups in total. The van der Waals surface area contributed by atoms with Gasteiger partial charge in [0, 0.05) is 5.56 Å². The van der Waals surface area contributed by atoms with Gasteiger partial charge in [0.15, 0.2) is 0 Å². The van der Waals surface area contributed by atoms with Crippen molar-refractivity contribution < 1.29 is 9.84 Å². The van der Waals surface area contributed by atoms with E-state index in [0.717, 1.165) is 11.1 Å². The van der Waals surface area contributed by atoms with E-state index < -0.39 is 6.10 Å². The molecule has 0 aliphatic heterocycles. The first kappa shape index (κ1) is 14.1. The fourth-order valence-corrected chi connectivity index (χ4v) is 1.97. The average Bonchev–Trinajstić information content (AvgIpc) is 2.49. The van der Waals surface area contributed by atoms with Crippen molar-refractivity contribution in [3.63, 3.8) is 0 Å². The summed E-state index contributed by atoms with van der Waals surface area (Å²) in [4.78, 5) is 0. The van der Waals surface area contributed by atoms with E-state index in [0.29, 0.717) is 23.5 Å². The van der Waals surface area contributed by atoms with Crippen LogP contribution in [0.25, 0.3) is 0 Å². The van der Waals surface area contributed by atoms with Gasteiger partial charge in [0.1, 0.15) is 11.5 Å². The number of rotatable bonds is 4. The molecule has 0 spiro atoms. The quantitative estimate of drug-likeness (QED) is 0.907. The minimum absolute atomic E-state index is 0.550. The Kier molecular flexibility index (Phi) is 4.39. The Hall–Kier alpha value is -2.31. The van der Waals surface area contributed by atoms with Crippen LogP contribution >= 0.6 is 0 Å². The van der Waals surface area contributed by atoms with Crippen LogP contribution in [0.1, 0.15) is 36.1 Å². The van der Waals surface area contributed by atoms with Crippen molar-refractivity contribution in [2.75, 3.05) is 0 Å². The van der Waals surface area contributed by atoms with Gasteiger partial charge >= 0.3 is 0 Å². The summed E-state index contributed by atoms with van der Waals surface area (Å²) >= 11 is 0. The molecule has 1 atom stereocenters. The lowest BCUT2D eigenvalue weighted by Gasteiger charge is -2.16. The van der Waals surface area contributed by atoms with Crippen molar-refractivity contribution in [3.8, 4) is 17.6 Å². The van der Waals surface area contributed by atoms with E-state index in [9.17, 15) is 5.11 Å². The second-order valence-corrected chi connectivity index (χ2v) is 4.66. The normalized spacial score (nSPS) is 11.7. The van der Waals surface area contributed by atoms with Crippen molar-refractivity contribution in [2.24, 2.45) is 0 Å². The Labute approximate surface area is 119 Å². The summed E-state index contributed by atoms with van der Waals surface area (Å²) in [6.07, 6.45) is 0.0723. The molecule has 0 fully saturated rings. The molecule has 0 aliphatic carbocycles. The topological polar surface area (TPSA) is 53.2 Å². The summed E-state index contributed by atoms with van der Waals surface area (Å²) in [5, 5.41) is 19.0. The van der Waals surface area contributed by atoms with Crippen LogP contribution in [0, 0.1) is 18.3 Å². The van der Waals surface area contributed by atoms with Gasteiger partial charge in [-0.2, -0.15) is 5.26 Å². The fraction of sp³-hybridized carbons (Fsp3) is 0.235. The molecule has 3 nitrogen and oxygen atoms in total. The number of aliphatic hydroxyl groups excluding tert-OH is 1. The van der Waals surface area contributed by atoms with Crippen LogP contribution in [0.5, 0.6) is 11.5 Å². The monoisotopic (exact) mass is 267 g/mol. The van der Waals surface area contributed by atoms with Crippen LogP contribution < -0.4 is 4.74 Å². The summed E-state index contributed by atoms with van der Waals surface area (Å²) < 4.78 is 5.89. The zero-order valence-electron chi connectivity index (χ0n) is 11.6. The van der Waals surface area contributed by atoms with E-state index in [1.807, 2.05) is 44.2 Å². The van der Waals surface area contributed by atoms with E-state index in [2.05, 4.69) is 6.07 Å². The van der Waals surface area contributed by atoms with Crippen LogP contribution in [0.15, 0.2) is 42.5 Å². The number of hydrogen-bond acceptors (Lipinski definition) is 3. The molecule has 0 radical (unpaired) electrons. The highest BCUT2D eigenvalue weighted by Gasteiger charge is 2.12. The summed E-state index contributed by atoms with van der Waals surface area (Å²) in [5.74, 6) is 1.26. The van der Waals surface area contributed by atoms with Crippen LogP contribution in [-0.2, 0) is 0 Å². The third-order valence-electron chi connectivity index (χ3n) is 3.20. The highest BCUT2D eigenvalue weighted by molar-refractivity contribution is 5.46. The third kappa shape index (κ3) is 2.98. The first-order valence-electron chi connectivity index (χ1n) is 6.61. The van der Waals surface area contributed by atoms with Crippen molar-refractivity contribution in [1.29, 1.82) is 5.26 Å². The molecule has 3 heteroatoms. The van der Waals surface area contributed by atoms with Gasteiger partial charge in [-0.05, 0) is 37.1 Å². The average molecular weight is 267 g/mol. The van der Waals surface area contributed by atoms with Crippen LogP contribution in [-0.4, -0.2) is 5.11 Å². The molecule has 0 aliphatic rings. The Bertz CT molecular complexity index is 644. The molecule has 2 aromatic rings. The van der Waals surface area contributed by atoms with E-state index in [1.54, 1.807) is 12.1 Å². The lowest BCUT2D eigenvalue weighted by molar-refractivity contribution is 0.170. The molecule has 0 saturated carbocycles. The molecular formula is C17H17NO2. The molecule has 0 bridgehead atoms. The van der Waals surface area contributed by atoms with E-state index in [1.165, 1.54) is 0 Å². The maximum absolute atomic E-state index is 10.0. The number of benzene rings is 2. The van der Waals surface area contributed by atoms with Crippen molar-refractivity contribution in [3.05, 3.63) is 59.2 Å². The Morgan fingerprint density at radius 2 is 1.95 bits per heavy atom. The number of aliphatic hydroxyl groups is 1. The molecule has 0 heterocycles. The molecule has 1 unspecified atom stereocenters. The van der Waals surface area contributed by atoms with E-state index >= 15 is 0 Å². The molecule has 102 valence electrons. The fourth-order valence-electron chi connectivity index (χ4n) is 1.97. The maximum atomic E-state index is 10.0. The predicted molar refractivity (Wildman–Crippen MR) is 77.7 cm³/mol. The minimum Gasteiger partial charge on any atom is -0.457 e. The van der Waals surface area contributed by atoms with Gasteiger partial charge in [-0.15, -0.1) is 0 Å². The number of aryl methyl sites for hydroxylation is 1. The second kappa shape index (κ2) is 6.23. The number of ether oxygens (including phenoxy) is 1. The smallest absolute Gasteiger partial charge is 0.133 e. The van der Waals surface area contributed by atoms with E-state index in [-0.39, 0.29) is 0 Å². The van der Waals surface area contributed by atoms with E-state index in [4.69, 9.17) is 10.00 Å². The van der Waals surface area contributed by atoms with Crippen molar-refractivity contribution >= 4 is 0 Å². The molecule has 0 amide bonds. The Morgan fingerprint density at radius 1 is 1.20 bits per heavy atom. The van der Waals surface area contributed by atoms with Gasteiger partial charge in [-0.1, -0.05) is 31.2 Å². The third-order valence-corrected chi connectivity index (χ3v) is 3.20. The van der Waals surface area contributed by atoms with Gasteiger partial charge in [0.25, 0.3) is 0 Å². The van der Waals surface area contributed by atoms with Crippen molar-refractivity contribution in [1.82, 2.24) is 0 Å². The van der Waals surface area contributed by atoms with Crippen LogP contribution in [0.4, 0.5) is 0 Å². The van der Waals surface area contributed by atoms with Crippen molar-refractivity contribution in [2.45, 2.75) is 26.4 Å². The lowest BCUT2D eigenvalue weighted by Crippen LogP contribution is -1.99. The SMILES string of the molecule is CCC(O)c1ccccc1Oc1cc(C#N)ccc1C. The molecule has 2 rings (SSSR count). The highest BCUT2D eigenvalue weighted by atomic mass is 16.5. The van der Waals surface area contributed by atoms with Gasteiger partial charge in [0.05, 0.1) is 17.7 Å². The minimum atomic E-state index is -0.550. The first-order valence-corrected chi connectivity index (χ1v) is 6.61. The Morgan fingerprint density at radius 3 is 2.65 bits per heavy atom. The number of hydrogen-bond donors (Lipinski definition) is 1. The second-order valence-electron chi connectivity index (χ2n) is 4.66. The summed E-state index contributed by atoms with van der Waals surface area (Å²) in [6.45, 7) is 3.85. The highest BCUT2D eigenvalue weighted by Crippen LogP contribution is 2.32. The van der Waals surface area contributed by atoms with Gasteiger partial charge in [-0.25, -0.2) is 0 Å². The number of para-hydroxylation sites is 1. The molecule has 2 aromatic carbocycles. The molecule has 0 saturated heterocycles. The summed E-state index contributed by atoms with van der Waals surface area (Å²) in [6, 6.07) is 14.8. The predicted octanol–water partition coefficient (Wildman–Crippen LogP) is 4.10. The lowest BCUT2D eigenvalue weighted by atomic mass is 10.1. The maximum Gasteiger partial charge on any atom is 0.133 e. The largest absolute Gasteiger partial charge is 0.457 e. The first-order chi connectivity index (χ1) is 9.65. The van der Waals surface area contributed by atoms with Crippen LogP contribution in [0.3, 0.4) is 0 Å². The zero-order chi connectivity index (χ0) is 14.5. The number of nitriles is 1. The van der Waals surface area contributed by atoms with Gasteiger partial charge in [0.2, 0.25) is 0 Å². The zero-order valence-corrected chi connectivity index (χ0v) is 11.6. The standard InChI is InChI=1S/C17H17NO2/c1-3-15(19)14-6-4-5-7-16(14)20-17-10-13(11-18)9-8-12(17)2/h4-10,15,19H,3H2,1-2H3. The van der Waals surface area contributed by atoms with Gasteiger partial charge < -0.3 is 9.84 Å². The van der Waals surface area contributed by atoms with Crippen LogP contribution in [0.2, 0.25) is 0 Å². The molecular weight excluding hydrogens is 250 g/mol. The Balaban J connectivity index is 2.38. The van der Waals surface area contributed by atoms with Gasteiger partial charge in [-0.3, -0.25) is 0 Å². The molecule has 20 heavy (non-hydrogen) atoms. The molecule has 0 aromatic heterocycles. The number of nitrogens with zero attached hydrogens (tertiary/aromatic N) is 1. The summed E-state index contributed by atoms with van der Waals surface area (Å²) in [7, 11) is 0.